The topological polar surface area (TPSA) is 53.2 Å². The van der Waals surface area contributed by atoms with Crippen LogP contribution < -0.4 is 4.90 Å². The zero-order chi connectivity index (χ0) is 14.8. The van der Waals surface area contributed by atoms with Crippen molar-refractivity contribution >= 4 is 34.7 Å². The van der Waals surface area contributed by atoms with Gasteiger partial charge < -0.3 is 4.98 Å². The Morgan fingerprint density at radius 1 is 1.19 bits per heavy atom. The summed E-state index contributed by atoms with van der Waals surface area (Å²) < 4.78 is 0. The second-order valence-electron chi connectivity index (χ2n) is 4.62. The van der Waals surface area contributed by atoms with Gasteiger partial charge in [-0.25, -0.2) is 4.90 Å². The van der Waals surface area contributed by atoms with Crippen molar-refractivity contribution in [2.45, 2.75) is 13.3 Å². The second kappa shape index (κ2) is 5.61. The van der Waals surface area contributed by atoms with Gasteiger partial charge in [0.15, 0.2) is 0 Å². The predicted octanol–water partition coefficient (Wildman–Crippen LogP) is 3.82. The van der Waals surface area contributed by atoms with E-state index in [0.29, 0.717) is 10.6 Å². The van der Waals surface area contributed by atoms with E-state index in [9.17, 15) is 9.59 Å². The van der Waals surface area contributed by atoms with Crippen molar-refractivity contribution in [3.63, 3.8) is 0 Å². The number of benzene rings is 1. The summed E-state index contributed by atoms with van der Waals surface area (Å²) >= 11 is 0.973. The highest BCUT2D eigenvalue weighted by Gasteiger charge is 2.37. The minimum absolute atomic E-state index is 0.251. The minimum Gasteiger partial charge on any atom is -0.362 e. The van der Waals surface area contributed by atoms with Crippen molar-refractivity contribution in [2.75, 3.05) is 4.90 Å². The molecule has 1 N–H and O–H groups in total. The molecule has 1 aromatic carbocycles. The normalized spacial score (nSPS) is 17.0. The van der Waals surface area contributed by atoms with Gasteiger partial charge in [-0.05, 0) is 48.0 Å². The Morgan fingerprint density at radius 3 is 2.71 bits per heavy atom. The molecule has 2 aromatic rings. The van der Waals surface area contributed by atoms with E-state index in [0.717, 1.165) is 29.4 Å². The molecule has 0 atom stereocenters. The summed E-state index contributed by atoms with van der Waals surface area (Å²) in [6.45, 7) is 2.01. The van der Waals surface area contributed by atoms with Gasteiger partial charge in [0.1, 0.15) is 0 Å². The number of hydrogen-bond donors (Lipinski definition) is 1. The Kier molecular flexibility index (Phi) is 3.66. The molecule has 4 nitrogen and oxygen atoms in total. The zero-order valence-corrected chi connectivity index (χ0v) is 12.3. The average Bonchev–Trinajstić information content (AvgIpc) is 3.09. The third-order valence-electron chi connectivity index (χ3n) is 3.32. The van der Waals surface area contributed by atoms with Crippen molar-refractivity contribution < 1.29 is 9.59 Å². The molecule has 0 aliphatic carbocycles. The lowest BCUT2D eigenvalue weighted by atomic mass is 10.1. The molecule has 0 unspecified atom stereocenters. The van der Waals surface area contributed by atoms with Gasteiger partial charge in [-0.1, -0.05) is 25.1 Å². The zero-order valence-electron chi connectivity index (χ0n) is 11.5. The van der Waals surface area contributed by atoms with Crippen molar-refractivity contribution in [3.8, 4) is 0 Å². The summed E-state index contributed by atoms with van der Waals surface area (Å²) in [6, 6.07) is 11.2. The number of aryl methyl sites for hydroxylation is 1. The van der Waals surface area contributed by atoms with Crippen molar-refractivity contribution in [2.24, 2.45) is 0 Å². The SMILES string of the molecule is CCc1ccccc1N1C(=O)S/C(=C/c2ccc[nH]2)C1=O. The van der Waals surface area contributed by atoms with Gasteiger partial charge in [-0.2, -0.15) is 0 Å². The molecule has 106 valence electrons. The molecule has 2 heterocycles. The van der Waals surface area contributed by atoms with Crippen LogP contribution in [0.15, 0.2) is 47.5 Å². The summed E-state index contributed by atoms with van der Waals surface area (Å²) in [7, 11) is 0. The van der Waals surface area contributed by atoms with E-state index in [-0.39, 0.29) is 11.1 Å². The fraction of sp³-hybridized carbons (Fsp3) is 0.125. The van der Waals surface area contributed by atoms with E-state index in [2.05, 4.69) is 4.98 Å². The van der Waals surface area contributed by atoms with Crippen LogP contribution in [0.4, 0.5) is 10.5 Å². The second-order valence-corrected chi connectivity index (χ2v) is 5.62. The van der Waals surface area contributed by atoms with Crippen LogP contribution in [0.1, 0.15) is 18.2 Å². The molecule has 1 aliphatic rings. The number of hydrogen-bond acceptors (Lipinski definition) is 3. The molecule has 3 rings (SSSR count). The molecular weight excluding hydrogens is 284 g/mol. The maximum atomic E-state index is 12.5. The highest BCUT2D eigenvalue weighted by Crippen LogP contribution is 2.37. The number of anilines is 1. The molecule has 0 spiro atoms. The average molecular weight is 298 g/mol. The Labute approximate surface area is 126 Å². The summed E-state index contributed by atoms with van der Waals surface area (Å²) in [5, 5.41) is -0.251. The maximum absolute atomic E-state index is 12.5. The molecule has 5 heteroatoms. The quantitative estimate of drug-likeness (QED) is 0.876. The molecule has 1 aromatic heterocycles. The van der Waals surface area contributed by atoms with Gasteiger partial charge in [0.2, 0.25) is 0 Å². The molecule has 0 radical (unpaired) electrons. The van der Waals surface area contributed by atoms with E-state index >= 15 is 0 Å². The Bertz CT molecular complexity index is 720. The lowest BCUT2D eigenvalue weighted by Crippen LogP contribution is -2.28. The van der Waals surface area contributed by atoms with Gasteiger partial charge in [0.05, 0.1) is 10.6 Å². The number of rotatable bonds is 3. The molecule has 21 heavy (non-hydrogen) atoms. The van der Waals surface area contributed by atoms with Crippen molar-refractivity contribution in [1.82, 2.24) is 4.98 Å². The van der Waals surface area contributed by atoms with Gasteiger partial charge in [-0.15, -0.1) is 0 Å². The van der Waals surface area contributed by atoms with Gasteiger partial charge in [0.25, 0.3) is 11.1 Å². The smallest absolute Gasteiger partial charge is 0.298 e. The first-order valence-electron chi connectivity index (χ1n) is 6.70. The van der Waals surface area contributed by atoms with Gasteiger partial charge in [-0.3, -0.25) is 9.59 Å². The molecule has 1 fully saturated rings. The van der Waals surface area contributed by atoms with Gasteiger partial charge in [0, 0.05) is 11.9 Å². The van der Waals surface area contributed by atoms with Crippen LogP contribution in [0.5, 0.6) is 0 Å². The number of aromatic nitrogens is 1. The fourth-order valence-electron chi connectivity index (χ4n) is 2.28. The third kappa shape index (κ3) is 2.52. The van der Waals surface area contributed by atoms with Crippen molar-refractivity contribution in [3.05, 3.63) is 58.8 Å². The van der Waals surface area contributed by atoms with Gasteiger partial charge >= 0.3 is 0 Å². The van der Waals surface area contributed by atoms with E-state index in [1.807, 2.05) is 43.3 Å². The molecular formula is C16H14N2O2S. The standard InChI is InChI=1S/C16H14N2O2S/c1-2-11-6-3-4-8-13(11)18-15(19)14(21-16(18)20)10-12-7-5-9-17-12/h3-10,17H,2H2,1H3/b14-10+. The monoisotopic (exact) mass is 298 g/mol. The summed E-state index contributed by atoms with van der Waals surface area (Å²) in [6.07, 6.45) is 4.26. The lowest BCUT2D eigenvalue weighted by molar-refractivity contribution is -0.113. The Morgan fingerprint density at radius 2 is 2.00 bits per heavy atom. The number of nitrogens with one attached hydrogen (secondary N) is 1. The largest absolute Gasteiger partial charge is 0.362 e. The first-order chi connectivity index (χ1) is 10.2. The number of carbonyl (C=O) groups excluding carboxylic acids is 2. The van der Waals surface area contributed by atoms with E-state index in [4.69, 9.17) is 0 Å². The number of amides is 2. The van der Waals surface area contributed by atoms with Crippen LogP contribution in [0.3, 0.4) is 0 Å². The van der Waals surface area contributed by atoms with E-state index in [1.165, 1.54) is 4.90 Å². The van der Waals surface area contributed by atoms with Crippen LogP contribution in [0.2, 0.25) is 0 Å². The van der Waals surface area contributed by atoms with Crippen LogP contribution in [0, 0.1) is 0 Å². The number of para-hydroxylation sites is 1. The predicted molar refractivity (Wildman–Crippen MR) is 85.1 cm³/mol. The van der Waals surface area contributed by atoms with Crippen LogP contribution in [-0.4, -0.2) is 16.1 Å². The van der Waals surface area contributed by atoms with E-state index in [1.54, 1.807) is 12.3 Å². The number of nitrogens with zero attached hydrogens (tertiary/aromatic N) is 1. The number of H-pyrrole nitrogens is 1. The van der Waals surface area contributed by atoms with Crippen LogP contribution >= 0.6 is 11.8 Å². The summed E-state index contributed by atoms with van der Waals surface area (Å²) in [4.78, 5) is 29.4. The summed E-state index contributed by atoms with van der Waals surface area (Å²) in [5.41, 5.74) is 2.47. The molecule has 0 bridgehead atoms. The highest BCUT2D eigenvalue weighted by molar-refractivity contribution is 8.19. The maximum Gasteiger partial charge on any atom is 0.298 e. The first-order valence-corrected chi connectivity index (χ1v) is 7.51. The van der Waals surface area contributed by atoms with Crippen LogP contribution in [-0.2, 0) is 11.2 Å². The Hall–Kier alpha value is -2.27. The molecule has 1 saturated heterocycles. The molecule has 1 aliphatic heterocycles. The molecule has 2 amide bonds. The third-order valence-corrected chi connectivity index (χ3v) is 4.19. The summed E-state index contributed by atoms with van der Waals surface area (Å²) in [5.74, 6) is -0.263. The fourth-order valence-corrected chi connectivity index (χ4v) is 3.10. The highest BCUT2D eigenvalue weighted by atomic mass is 32.2. The van der Waals surface area contributed by atoms with E-state index < -0.39 is 0 Å². The number of thioether (sulfide) groups is 1. The lowest BCUT2D eigenvalue weighted by Gasteiger charge is -2.16. The first kappa shape index (κ1) is 13.7. The van der Waals surface area contributed by atoms with Crippen LogP contribution in [0.25, 0.3) is 6.08 Å². The number of imide groups is 1. The Balaban J connectivity index is 1.98. The minimum atomic E-state index is -0.263. The number of aromatic amines is 1. The van der Waals surface area contributed by atoms with Crippen molar-refractivity contribution in [1.29, 1.82) is 0 Å². The molecule has 0 saturated carbocycles. The number of carbonyl (C=O) groups is 2.